The van der Waals surface area contributed by atoms with Crippen LogP contribution in [0.3, 0.4) is 0 Å². The third-order valence-corrected chi connectivity index (χ3v) is 4.64. The maximum Gasteiger partial charge on any atom is 0.189 e. The molecular formula is C16H28N4S. The quantitative estimate of drug-likeness (QED) is 0.393. The third kappa shape index (κ3) is 6.46. The summed E-state index contributed by atoms with van der Waals surface area (Å²) >= 11 is 1.70. The highest BCUT2D eigenvalue weighted by Gasteiger charge is 2.25. The lowest BCUT2D eigenvalue weighted by Gasteiger charge is -2.05. The summed E-state index contributed by atoms with van der Waals surface area (Å²) in [5, 5.41) is 6.43. The molecule has 1 aromatic heterocycles. The van der Waals surface area contributed by atoms with Gasteiger partial charge in [-0.3, -0.25) is 0 Å². The van der Waals surface area contributed by atoms with Gasteiger partial charge in [-0.2, -0.15) is 0 Å². The predicted molar refractivity (Wildman–Crippen MR) is 90.8 cm³/mol. The Morgan fingerprint density at radius 2 is 2.10 bits per heavy atom. The molecule has 0 atom stereocenters. The standard InChI is InChI=1S/C16H28N4S/c1-2-3-4-5-6-7-10-18-16(17)19-11-15-20-14(12-21-15)13-8-9-13/h12-13H,2-11H2,1H3,(H3,17,18,19). The molecule has 1 fully saturated rings. The van der Waals surface area contributed by atoms with Crippen LogP contribution in [0.25, 0.3) is 0 Å². The lowest BCUT2D eigenvalue weighted by molar-refractivity contribution is 0.601. The van der Waals surface area contributed by atoms with Crippen LogP contribution >= 0.6 is 11.3 Å². The second kappa shape index (κ2) is 9.03. The summed E-state index contributed by atoms with van der Waals surface area (Å²) in [5.41, 5.74) is 7.13. The summed E-state index contributed by atoms with van der Waals surface area (Å²) in [5.74, 6) is 1.27. The van der Waals surface area contributed by atoms with Crippen LogP contribution in [-0.4, -0.2) is 17.5 Å². The van der Waals surface area contributed by atoms with Gasteiger partial charge >= 0.3 is 0 Å². The molecule has 3 N–H and O–H groups in total. The Balaban J connectivity index is 1.55. The van der Waals surface area contributed by atoms with Gasteiger partial charge in [-0.25, -0.2) is 9.98 Å². The first-order chi connectivity index (χ1) is 10.3. The molecule has 1 aromatic rings. The first kappa shape index (κ1) is 16.3. The van der Waals surface area contributed by atoms with Crippen LogP contribution in [0.5, 0.6) is 0 Å². The maximum atomic E-state index is 5.88. The van der Waals surface area contributed by atoms with Gasteiger partial charge in [-0.15, -0.1) is 11.3 Å². The predicted octanol–water partition coefficient (Wildman–Crippen LogP) is 3.79. The molecule has 4 nitrogen and oxygen atoms in total. The number of nitrogens with two attached hydrogens (primary N) is 1. The average Bonchev–Trinajstić information content (AvgIpc) is 3.23. The number of aliphatic imine (C=N–C) groups is 1. The number of thiazole rings is 1. The van der Waals surface area contributed by atoms with E-state index in [1.165, 1.54) is 57.1 Å². The molecular weight excluding hydrogens is 280 g/mol. The molecule has 0 radical (unpaired) electrons. The van der Waals surface area contributed by atoms with Crippen LogP contribution in [0, 0.1) is 0 Å². The van der Waals surface area contributed by atoms with E-state index in [9.17, 15) is 0 Å². The van der Waals surface area contributed by atoms with Crippen molar-refractivity contribution in [2.45, 2.75) is 70.8 Å². The largest absolute Gasteiger partial charge is 0.370 e. The van der Waals surface area contributed by atoms with E-state index in [2.05, 4.69) is 27.6 Å². The van der Waals surface area contributed by atoms with E-state index in [4.69, 9.17) is 5.73 Å². The fourth-order valence-electron chi connectivity index (χ4n) is 2.29. The molecule has 0 spiro atoms. The van der Waals surface area contributed by atoms with Gasteiger partial charge in [0, 0.05) is 17.8 Å². The average molecular weight is 308 g/mol. The fourth-order valence-corrected chi connectivity index (χ4v) is 3.09. The number of unbranched alkanes of at least 4 members (excludes halogenated alkanes) is 5. The van der Waals surface area contributed by atoms with Gasteiger partial charge < -0.3 is 11.1 Å². The molecule has 21 heavy (non-hydrogen) atoms. The van der Waals surface area contributed by atoms with Crippen molar-refractivity contribution in [3.05, 3.63) is 16.1 Å². The molecule has 0 amide bonds. The highest BCUT2D eigenvalue weighted by molar-refractivity contribution is 7.09. The molecule has 0 saturated heterocycles. The van der Waals surface area contributed by atoms with Crippen molar-refractivity contribution in [2.75, 3.05) is 6.54 Å². The van der Waals surface area contributed by atoms with Gasteiger partial charge in [-0.1, -0.05) is 39.0 Å². The van der Waals surface area contributed by atoms with Crippen molar-refractivity contribution in [1.82, 2.24) is 10.3 Å². The van der Waals surface area contributed by atoms with E-state index in [1.807, 2.05) is 0 Å². The molecule has 1 aliphatic carbocycles. The van der Waals surface area contributed by atoms with Crippen LogP contribution in [-0.2, 0) is 6.54 Å². The Hall–Kier alpha value is -1.10. The van der Waals surface area contributed by atoms with Crippen LogP contribution in [0.1, 0.15) is 74.9 Å². The van der Waals surface area contributed by atoms with Crippen LogP contribution in [0.2, 0.25) is 0 Å². The number of guanidine groups is 1. The molecule has 118 valence electrons. The summed E-state index contributed by atoms with van der Waals surface area (Å²) < 4.78 is 0. The smallest absolute Gasteiger partial charge is 0.189 e. The van der Waals surface area contributed by atoms with Gasteiger partial charge in [0.25, 0.3) is 0 Å². The zero-order chi connectivity index (χ0) is 14.9. The zero-order valence-corrected chi connectivity index (χ0v) is 13.9. The lowest BCUT2D eigenvalue weighted by atomic mass is 10.1. The number of nitrogens with zero attached hydrogens (tertiary/aromatic N) is 2. The molecule has 0 bridgehead atoms. The van der Waals surface area contributed by atoms with Crippen molar-refractivity contribution >= 4 is 17.3 Å². The summed E-state index contributed by atoms with van der Waals surface area (Å²) in [6, 6.07) is 0. The highest BCUT2D eigenvalue weighted by Crippen LogP contribution is 2.40. The van der Waals surface area contributed by atoms with Crippen LogP contribution < -0.4 is 11.1 Å². The minimum atomic E-state index is 0.548. The molecule has 2 rings (SSSR count). The van der Waals surface area contributed by atoms with E-state index in [0.29, 0.717) is 12.5 Å². The molecule has 1 heterocycles. The molecule has 0 unspecified atom stereocenters. The summed E-state index contributed by atoms with van der Waals surface area (Å²) in [7, 11) is 0. The van der Waals surface area contributed by atoms with Crippen molar-refractivity contribution in [3.63, 3.8) is 0 Å². The monoisotopic (exact) mass is 308 g/mol. The van der Waals surface area contributed by atoms with Crippen molar-refractivity contribution in [3.8, 4) is 0 Å². The van der Waals surface area contributed by atoms with E-state index < -0.39 is 0 Å². The molecule has 1 saturated carbocycles. The zero-order valence-electron chi connectivity index (χ0n) is 13.1. The summed E-state index contributed by atoms with van der Waals surface area (Å²) in [4.78, 5) is 8.98. The topological polar surface area (TPSA) is 63.3 Å². The Kier molecular flexibility index (Phi) is 7.00. The Morgan fingerprint density at radius 1 is 1.33 bits per heavy atom. The Labute approximate surface area is 132 Å². The van der Waals surface area contributed by atoms with Crippen LogP contribution in [0.4, 0.5) is 0 Å². The van der Waals surface area contributed by atoms with Gasteiger partial charge in [0.1, 0.15) is 5.01 Å². The summed E-state index contributed by atoms with van der Waals surface area (Å²) in [6.45, 7) is 3.77. The van der Waals surface area contributed by atoms with Crippen molar-refractivity contribution in [1.29, 1.82) is 0 Å². The molecule has 1 aliphatic rings. The van der Waals surface area contributed by atoms with Crippen molar-refractivity contribution < 1.29 is 0 Å². The van der Waals surface area contributed by atoms with Gasteiger partial charge in [0.15, 0.2) is 5.96 Å². The Bertz CT molecular complexity index is 437. The number of nitrogens with one attached hydrogen (secondary N) is 1. The van der Waals surface area contributed by atoms with E-state index in [0.717, 1.165) is 17.5 Å². The van der Waals surface area contributed by atoms with Crippen LogP contribution in [0.15, 0.2) is 10.4 Å². The SMILES string of the molecule is CCCCCCCCNC(N)=NCc1nc(C2CC2)cs1. The van der Waals surface area contributed by atoms with E-state index in [1.54, 1.807) is 11.3 Å². The van der Waals surface area contributed by atoms with Crippen molar-refractivity contribution in [2.24, 2.45) is 10.7 Å². The highest BCUT2D eigenvalue weighted by atomic mass is 32.1. The number of hydrogen-bond donors (Lipinski definition) is 2. The van der Waals surface area contributed by atoms with Gasteiger partial charge in [0.05, 0.1) is 12.2 Å². The number of aromatic nitrogens is 1. The molecule has 0 aromatic carbocycles. The second-order valence-corrected chi connectivity index (χ2v) is 6.78. The first-order valence-electron chi connectivity index (χ1n) is 8.27. The fraction of sp³-hybridized carbons (Fsp3) is 0.750. The minimum Gasteiger partial charge on any atom is -0.370 e. The molecule has 0 aliphatic heterocycles. The molecule has 5 heteroatoms. The number of rotatable bonds is 10. The Morgan fingerprint density at radius 3 is 2.86 bits per heavy atom. The van der Waals surface area contributed by atoms with Gasteiger partial charge in [0.2, 0.25) is 0 Å². The van der Waals surface area contributed by atoms with E-state index in [-0.39, 0.29) is 0 Å². The number of hydrogen-bond acceptors (Lipinski definition) is 3. The van der Waals surface area contributed by atoms with E-state index >= 15 is 0 Å². The lowest BCUT2D eigenvalue weighted by Crippen LogP contribution is -2.32. The van der Waals surface area contributed by atoms with Gasteiger partial charge in [-0.05, 0) is 19.3 Å². The first-order valence-corrected chi connectivity index (χ1v) is 9.15. The third-order valence-electron chi connectivity index (χ3n) is 3.79. The second-order valence-electron chi connectivity index (χ2n) is 5.84. The minimum absolute atomic E-state index is 0.548. The maximum absolute atomic E-state index is 5.88. The normalized spacial score (nSPS) is 15.4. The summed E-state index contributed by atoms with van der Waals surface area (Å²) in [6.07, 6.45) is 10.4.